The van der Waals surface area contributed by atoms with Gasteiger partial charge in [0, 0.05) is 17.0 Å². The van der Waals surface area contributed by atoms with Crippen LogP contribution in [0.15, 0.2) is 12.1 Å². The van der Waals surface area contributed by atoms with Gasteiger partial charge in [0.15, 0.2) is 0 Å². The number of phenolic OH excluding ortho intramolecular Hbond substituents is 1. The highest BCUT2D eigenvalue weighted by molar-refractivity contribution is 6.35. The molecule has 1 fully saturated rings. The van der Waals surface area contributed by atoms with Crippen molar-refractivity contribution < 1.29 is 14.6 Å². The van der Waals surface area contributed by atoms with Crippen LogP contribution in [0.25, 0.3) is 0 Å². The Hall–Kier alpha value is -1.13. The zero-order valence-electron chi connectivity index (χ0n) is 8.17. The zero-order chi connectivity index (χ0) is 11.7. The van der Waals surface area contributed by atoms with Crippen LogP contribution in [0.3, 0.4) is 0 Å². The van der Waals surface area contributed by atoms with E-state index in [1.54, 1.807) is 6.07 Å². The van der Waals surface area contributed by atoms with Crippen molar-refractivity contribution in [3.8, 4) is 5.75 Å². The summed E-state index contributed by atoms with van der Waals surface area (Å²) in [7, 11) is 0. The molecule has 16 heavy (non-hydrogen) atoms. The highest BCUT2D eigenvalue weighted by Gasteiger charge is 2.24. The Kier molecular flexibility index (Phi) is 3.12. The van der Waals surface area contributed by atoms with Gasteiger partial charge in [0.2, 0.25) is 0 Å². The molecule has 0 aliphatic carbocycles. The van der Waals surface area contributed by atoms with Crippen molar-refractivity contribution in [1.82, 2.24) is 5.32 Å². The van der Waals surface area contributed by atoms with Gasteiger partial charge in [0.1, 0.15) is 5.75 Å². The fourth-order valence-electron chi connectivity index (χ4n) is 1.61. The topological polar surface area (TPSA) is 58.6 Å². The van der Waals surface area contributed by atoms with E-state index >= 15 is 0 Å². The van der Waals surface area contributed by atoms with Crippen LogP contribution >= 0.6 is 23.2 Å². The molecular weight excluding hydrogens is 253 g/mol. The largest absolute Gasteiger partial charge is 0.506 e. The number of hydrogen-bond acceptors (Lipinski definition) is 3. The number of aromatic hydroxyl groups is 1. The van der Waals surface area contributed by atoms with Crippen molar-refractivity contribution in [1.29, 1.82) is 0 Å². The lowest BCUT2D eigenvalue weighted by atomic mass is 10.0. The second kappa shape index (κ2) is 4.39. The van der Waals surface area contributed by atoms with E-state index in [4.69, 9.17) is 27.9 Å². The van der Waals surface area contributed by atoms with Gasteiger partial charge in [-0.25, -0.2) is 4.79 Å². The first kappa shape index (κ1) is 11.4. The third-order valence-corrected chi connectivity index (χ3v) is 2.87. The van der Waals surface area contributed by atoms with Crippen LogP contribution in [-0.4, -0.2) is 17.8 Å². The average Bonchev–Trinajstić information content (AvgIpc) is 2.23. The Labute approximate surface area is 102 Å². The van der Waals surface area contributed by atoms with E-state index in [2.05, 4.69) is 5.32 Å². The van der Waals surface area contributed by atoms with Gasteiger partial charge in [-0.2, -0.15) is 0 Å². The minimum Gasteiger partial charge on any atom is -0.506 e. The van der Waals surface area contributed by atoms with Crippen molar-refractivity contribution in [2.24, 2.45) is 0 Å². The number of cyclic esters (lactones) is 1. The molecule has 2 N–H and O–H groups in total. The Morgan fingerprint density at radius 2 is 2.19 bits per heavy atom. The van der Waals surface area contributed by atoms with Crippen LogP contribution in [0.5, 0.6) is 5.75 Å². The number of benzene rings is 1. The number of carbonyl (C=O) groups is 1. The normalized spacial score (nSPS) is 20.1. The fraction of sp³-hybridized carbons (Fsp3) is 0.300. The summed E-state index contributed by atoms with van der Waals surface area (Å²) in [6, 6.07) is 2.71. The maximum absolute atomic E-state index is 11.0. The van der Waals surface area contributed by atoms with Crippen LogP contribution in [0.1, 0.15) is 18.0 Å². The average molecular weight is 262 g/mol. The number of carbonyl (C=O) groups excluding carboxylic acids is 1. The molecule has 0 bridgehead atoms. The molecule has 0 radical (unpaired) electrons. The Balaban J connectivity index is 2.35. The molecule has 1 atom stereocenters. The van der Waals surface area contributed by atoms with E-state index in [0.29, 0.717) is 23.6 Å². The third-order valence-electron chi connectivity index (χ3n) is 2.36. The quantitative estimate of drug-likeness (QED) is 0.818. The summed E-state index contributed by atoms with van der Waals surface area (Å²) < 4.78 is 4.73. The second-order valence-electron chi connectivity index (χ2n) is 3.45. The lowest BCUT2D eigenvalue weighted by Crippen LogP contribution is -2.35. The van der Waals surface area contributed by atoms with Crippen LogP contribution in [0, 0.1) is 0 Å². The van der Waals surface area contributed by atoms with Gasteiger partial charge < -0.3 is 15.2 Å². The predicted molar refractivity (Wildman–Crippen MR) is 60.0 cm³/mol. The monoisotopic (exact) mass is 261 g/mol. The molecule has 1 amide bonds. The van der Waals surface area contributed by atoms with Crippen LogP contribution in [0.2, 0.25) is 10.0 Å². The number of nitrogens with one attached hydrogen (secondary N) is 1. The molecule has 1 aliphatic rings. The van der Waals surface area contributed by atoms with Gasteiger partial charge in [0.25, 0.3) is 0 Å². The minimum absolute atomic E-state index is 0.0572. The van der Waals surface area contributed by atoms with Gasteiger partial charge in [-0.3, -0.25) is 0 Å². The summed E-state index contributed by atoms with van der Waals surface area (Å²) in [5, 5.41) is 13.0. The van der Waals surface area contributed by atoms with E-state index in [1.165, 1.54) is 6.07 Å². The number of halogens is 2. The standard InChI is InChI=1S/C10H9Cl2NO3/c11-5-3-6(9(14)7(12)4-5)8-1-2-16-10(15)13-8/h3-4,8,14H,1-2H2,(H,13,15)/t8-/m1/s1. The van der Waals surface area contributed by atoms with Crippen molar-refractivity contribution in [2.45, 2.75) is 12.5 Å². The molecule has 1 heterocycles. The second-order valence-corrected chi connectivity index (χ2v) is 4.29. The van der Waals surface area contributed by atoms with Crippen molar-refractivity contribution >= 4 is 29.3 Å². The summed E-state index contributed by atoms with van der Waals surface area (Å²) in [5.74, 6) is -0.0572. The first-order chi connectivity index (χ1) is 7.58. The Morgan fingerprint density at radius 3 is 2.88 bits per heavy atom. The lowest BCUT2D eigenvalue weighted by Gasteiger charge is -2.24. The third kappa shape index (κ3) is 2.18. The Bertz CT molecular complexity index is 436. The summed E-state index contributed by atoms with van der Waals surface area (Å²) in [6.45, 7) is 0.306. The van der Waals surface area contributed by atoms with Crippen molar-refractivity contribution in [3.05, 3.63) is 27.7 Å². The van der Waals surface area contributed by atoms with E-state index in [0.717, 1.165) is 0 Å². The van der Waals surface area contributed by atoms with E-state index in [1.807, 2.05) is 0 Å². The summed E-state index contributed by atoms with van der Waals surface area (Å²) in [6.07, 6.45) is 0.0578. The van der Waals surface area contributed by atoms with E-state index in [9.17, 15) is 9.90 Å². The molecule has 1 aliphatic heterocycles. The number of rotatable bonds is 1. The van der Waals surface area contributed by atoms with E-state index < -0.39 is 6.09 Å². The predicted octanol–water partition coefficient (Wildman–Crippen LogP) is 2.87. The molecule has 2 rings (SSSR count). The van der Waals surface area contributed by atoms with Gasteiger partial charge >= 0.3 is 6.09 Å². The molecular formula is C10H9Cl2NO3. The molecule has 1 aromatic rings. The molecule has 0 unspecified atom stereocenters. The fourth-order valence-corrected chi connectivity index (χ4v) is 2.12. The van der Waals surface area contributed by atoms with Crippen LogP contribution in [-0.2, 0) is 4.74 Å². The number of amides is 1. The zero-order valence-corrected chi connectivity index (χ0v) is 9.68. The molecule has 86 valence electrons. The van der Waals surface area contributed by atoms with Crippen molar-refractivity contribution in [2.75, 3.05) is 6.61 Å². The maximum atomic E-state index is 11.0. The summed E-state index contributed by atoms with van der Waals surface area (Å²) in [5.41, 5.74) is 0.508. The van der Waals surface area contributed by atoms with Crippen molar-refractivity contribution in [3.63, 3.8) is 0 Å². The maximum Gasteiger partial charge on any atom is 0.407 e. The lowest BCUT2D eigenvalue weighted by molar-refractivity contribution is 0.115. The molecule has 6 heteroatoms. The van der Waals surface area contributed by atoms with Crippen LogP contribution in [0.4, 0.5) is 4.79 Å². The highest BCUT2D eigenvalue weighted by Crippen LogP contribution is 2.36. The SMILES string of the molecule is O=C1N[C@@H](c2cc(Cl)cc(Cl)c2O)CCO1. The van der Waals surface area contributed by atoms with E-state index in [-0.39, 0.29) is 16.8 Å². The minimum atomic E-state index is -0.508. The van der Waals surface area contributed by atoms with Crippen LogP contribution < -0.4 is 5.32 Å². The Morgan fingerprint density at radius 1 is 1.44 bits per heavy atom. The number of alkyl carbamates (subject to hydrolysis) is 1. The number of phenols is 1. The van der Waals surface area contributed by atoms with Gasteiger partial charge in [-0.15, -0.1) is 0 Å². The number of hydrogen-bond donors (Lipinski definition) is 2. The van der Waals surface area contributed by atoms with Gasteiger partial charge in [0.05, 0.1) is 17.7 Å². The molecule has 4 nitrogen and oxygen atoms in total. The summed E-state index contributed by atoms with van der Waals surface area (Å²) in [4.78, 5) is 11.0. The van der Waals surface area contributed by atoms with Gasteiger partial charge in [-0.05, 0) is 12.1 Å². The molecule has 1 aromatic carbocycles. The molecule has 0 spiro atoms. The number of ether oxygens (including phenoxy) is 1. The first-order valence-electron chi connectivity index (χ1n) is 4.69. The first-order valence-corrected chi connectivity index (χ1v) is 5.44. The molecule has 0 saturated carbocycles. The molecule has 0 aromatic heterocycles. The molecule has 1 saturated heterocycles. The highest BCUT2D eigenvalue weighted by atomic mass is 35.5. The summed E-state index contributed by atoms with van der Waals surface area (Å²) >= 11 is 11.6. The van der Waals surface area contributed by atoms with Gasteiger partial charge in [-0.1, -0.05) is 23.2 Å². The smallest absolute Gasteiger partial charge is 0.407 e.